The van der Waals surface area contributed by atoms with E-state index in [1.54, 1.807) is 0 Å². The van der Waals surface area contributed by atoms with Gasteiger partial charge in [-0.2, -0.15) is 0 Å². The maximum absolute atomic E-state index is 13.1. The van der Waals surface area contributed by atoms with Crippen molar-refractivity contribution in [2.24, 2.45) is 23.7 Å². The van der Waals surface area contributed by atoms with E-state index < -0.39 is 17.4 Å². The van der Waals surface area contributed by atoms with Gasteiger partial charge in [-0.05, 0) is 38.0 Å². The van der Waals surface area contributed by atoms with Gasteiger partial charge in [-0.1, -0.05) is 34.3 Å². The minimum atomic E-state index is -1.05. The molecule has 0 aromatic rings. The van der Waals surface area contributed by atoms with Crippen molar-refractivity contribution in [3.05, 3.63) is 12.7 Å². The van der Waals surface area contributed by atoms with E-state index in [2.05, 4.69) is 34.3 Å². The summed E-state index contributed by atoms with van der Waals surface area (Å²) in [5.74, 6) is -0.621. The van der Waals surface area contributed by atoms with Crippen LogP contribution in [0.4, 0.5) is 0 Å². The Morgan fingerprint density at radius 1 is 1.25 bits per heavy atom. The van der Waals surface area contributed by atoms with E-state index in [1.807, 2.05) is 13.8 Å². The third-order valence-electron chi connectivity index (χ3n) is 5.28. The number of hydrogen-bond acceptors (Lipinski definition) is 5. The minimum Gasteiger partial charge on any atom is -0.454 e. The summed E-state index contributed by atoms with van der Waals surface area (Å²) < 4.78 is 17.4. The largest absolute Gasteiger partial charge is 0.454 e. The number of ketones is 1. The van der Waals surface area contributed by atoms with Crippen molar-refractivity contribution in [1.29, 1.82) is 0 Å². The molecule has 1 saturated carbocycles. The van der Waals surface area contributed by atoms with Gasteiger partial charge in [0, 0.05) is 12.0 Å². The van der Waals surface area contributed by atoms with Crippen molar-refractivity contribution in [2.75, 3.05) is 6.61 Å². The van der Waals surface area contributed by atoms with Gasteiger partial charge in [-0.15, -0.1) is 0 Å². The quantitative estimate of drug-likeness (QED) is 0.550. The van der Waals surface area contributed by atoms with Gasteiger partial charge in [0.15, 0.2) is 18.0 Å². The Hall–Kier alpha value is -1.20. The van der Waals surface area contributed by atoms with Crippen LogP contribution in [-0.4, -0.2) is 35.9 Å². The monoisotopic (exact) mass is 338 g/mol. The van der Waals surface area contributed by atoms with Crippen LogP contribution in [0, 0.1) is 23.7 Å². The van der Waals surface area contributed by atoms with Gasteiger partial charge in [0.2, 0.25) is 5.78 Å². The fraction of sp³-hybridized carbons (Fsp3) is 0.789. The highest BCUT2D eigenvalue weighted by atomic mass is 16.8. The van der Waals surface area contributed by atoms with Gasteiger partial charge in [0.25, 0.3) is 0 Å². The molecule has 4 unspecified atom stereocenters. The van der Waals surface area contributed by atoms with Crippen molar-refractivity contribution in [3.63, 3.8) is 0 Å². The summed E-state index contributed by atoms with van der Waals surface area (Å²) in [4.78, 5) is 24.5. The highest BCUT2D eigenvalue weighted by Crippen LogP contribution is 2.56. The average molecular weight is 338 g/mol. The number of esters is 1. The second-order valence-corrected chi connectivity index (χ2v) is 8.05. The van der Waals surface area contributed by atoms with Crippen molar-refractivity contribution >= 4 is 11.8 Å². The fourth-order valence-corrected chi connectivity index (χ4v) is 4.55. The van der Waals surface area contributed by atoms with Crippen LogP contribution in [0.15, 0.2) is 12.7 Å². The first-order valence-corrected chi connectivity index (χ1v) is 8.75. The van der Waals surface area contributed by atoms with Crippen LogP contribution >= 0.6 is 0 Å². The van der Waals surface area contributed by atoms with E-state index in [0.29, 0.717) is 11.8 Å². The van der Waals surface area contributed by atoms with Gasteiger partial charge < -0.3 is 14.2 Å². The normalized spacial score (nSPS) is 34.4. The van der Waals surface area contributed by atoms with Crippen LogP contribution in [0.3, 0.4) is 0 Å². The maximum Gasteiger partial charge on any atom is 0.330 e. The molecule has 0 aromatic carbocycles. The Labute approximate surface area is 144 Å². The summed E-state index contributed by atoms with van der Waals surface area (Å²) >= 11 is 0. The zero-order valence-corrected chi connectivity index (χ0v) is 15.6. The van der Waals surface area contributed by atoms with Crippen molar-refractivity contribution in [2.45, 2.75) is 65.5 Å². The van der Waals surface area contributed by atoms with E-state index in [4.69, 9.17) is 14.2 Å². The molecule has 24 heavy (non-hydrogen) atoms. The van der Waals surface area contributed by atoms with Crippen LogP contribution in [0.1, 0.15) is 48.0 Å². The molecule has 2 fully saturated rings. The number of Topliss-reactive ketones (excluding diaryl/α,β-unsaturated/α-hetero) is 1. The Bertz CT molecular complexity index is 522. The third kappa shape index (κ3) is 3.16. The molecule has 2 rings (SSSR count). The first kappa shape index (κ1) is 19.1. The summed E-state index contributed by atoms with van der Waals surface area (Å²) in [7, 11) is 0. The molecular weight excluding hydrogens is 308 g/mol. The highest BCUT2D eigenvalue weighted by molar-refractivity contribution is 5.93. The number of fused-ring (bicyclic) bond motifs is 1. The van der Waals surface area contributed by atoms with Crippen LogP contribution < -0.4 is 0 Å². The summed E-state index contributed by atoms with van der Waals surface area (Å²) in [6.07, 6.45) is 1.54. The molecule has 136 valence electrons. The molecule has 0 spiro atoms. The number of carbonyl (C=O) groups excluding carboxylic acids is 2. The van der Waals surface area contributed by atoms with Gasteiger partial charge in [-0.3, -0.25) is 4.79 Å². The summed E-state index contributed by atoms with van der Waals surface area (Å²) in [6.45, 7) is 15.3. The van der Waals surface area contributed by atoms with Gasteiger partial charge in [0.1, 0.15) is 0 Å². The van der Waals surface area contributed by atoms with E-state index in [1.165, 1.54) is 0 Å². The Kier molecular flexibility index (Phi) is 5.26. The van der Waals surface area contributed by atoms with E-state index in [9.17, 15) is 9.59 Å². The van der Waals surface area contributed by atoms with Gasteiger partial charge in [0.05, 0.1) is 6.10 Å². The maximum atomic E-state index is 13.1. The van der Waals surface area contributed by atoms with Gasteiger partial charge in [-0.25, -0.2) is 4.79 Å². The first-order valence-electron chi connectivity index (χ1n) is 8.75. The molecule has 5 heteroatoms. The topological polar surface area (TPSA) is 61.8 Å². The molecule has 0 aromatic heterocycles. The number of rotatable bonds is 6. The van der Waals surface area contributed by atoms with Crippen LogP contribution in [0.2, 0.25) is 0 Å². The lowest BCUT2D eigenvalue weighted by Gasteiger charge is -2.38. The van der Waals surface area contributed by atoms with E-state index in [0.717, 1.165) is 12.5 Å². The summed E-state index contributed by atoms with van der Waals surface area (Å²) in [5.41, 5.74) is -1.05. The standard InChI is InChI=1S/C19H30O5/c1-8-16(21)22-10-14(20)19-15(23-18(6,7)24-19)9-13(11(2)3)17(19)12(4)5/h8,11-13,15,17H,1,9-10H2,2-7H3. The van der Waals surface area contributed by atoms with Crippen molar-refractivity contribution < 1.29 is 23.8 Å². The highest BCUT2D eigenvalue weighted by Gasteiger charge is 2.68. The number of hydrogen-bond donors (Lipinski definition) is 0. The lowest BCUT2D eigenvalue weighted by Crippen LogP contribution is -2.54. The SMILES string of the molecule is C=CC(=O)OCC(=O)C12OC(C)(C)OC1CC(C(C)C)C2C(C)C. The Morgan fingerprint density at radius 3 is 2.38 bits per heavy atom. The third-order valence-corrected chi connectivity index (χ3v) is 5.28. The molecule has 0 amide bonds. The Morgan fingerprint density at radius 2 is 1.88 bits per heavy atom. The number of carbonyl (C=O) groups is 2. The molecule has 5 nitrogen and oxygen atoms in total. The summed E-state index contributed by atoms with van der Waals surface area (Å²) in [6, 6.07) is 0. The second-order valence-electron chi connectivity index (χ2n) is 8.05. The zero-order valence-electron chi connectivity index (χ0n) is 15.6. The number of ether oxygens (including phenoxy) is 3. The van der Waals surface area contributed by atoms with Crippen LogP contribution in [0.5, 0.6) is 0 Å². The van der Waals surface area contributed by atoms with Crippen LogP contribution in [-0.2, 0) is 23.8 Å². The average Bonchev–Trinajstić information content (AvgIpc) is 2.91. The van der Waals surface area contributed by atoms with Gasteiger partial charge >= 0.3 is 5.97 Å². The van der Waals surface area contributed by atoms with Crippen LogP contribution in [0.25, 0.3) is 0 Å². The lowest BCUT2D eigenvalue weighted by atomic mass is 9.72. The van der Waals surface area contributed by atoms with E-state index >= 15 is 0 Å². The minimum absolute atomic E-state index is 0.0270. The predicted octanol–water partition coefficient (Wildman–Crippen LogP) is 3.12. The molecule has 0 bridgehead atoms. The smallest absolute Gasteiger partial charge is 0.330 e. The predicted molar refractivity (Wildman–Crippen MR) is 90.2 cm³/mol. The van der Waals surface area contributed by atoms with Crippen molar-refractivity contribution in [1.82, 2.24) is 0 Å². The van der Waals surface area contributed by atoms with Crippen molar-refractivity contribution in [3.8, 4) is 0 Å². The molecule has 1 aliphatic heterocycles. The molecule has 4 atom stereocenters. The summed E-state index contributed by atoms with van der Waals surface area (Å²) in [5, 5.41) is 0. The molecule has 1 heterocycles. The zero-order chi connectivity index (χ0) is 18.3. The first-order chi connectivity index (χ1) is 11.0. The molecule has 1 aliphatic carbocycles. The molecule has 2 aliphatic rings. The Balaban J connectivity index is 2.38. The molecule has 0 N–H and O–H groups in total. The lowest BCUT2D eigenvalue weighted by molar-refractivity contribution is -0.194. The fourth-order valence-electron chi connectivity index (χ4n) is 4.55. The molecule has 1 saturated heterocycles. The molecule has 0 radical (unpaired) electrons. The molecular formula is C19H30O5. The second kappa shape index (κ2) is 6.60. The van der Waals surface area contributed by atoms with E-state index in [-0.39, 0.29) is 30.3 Å².